The van der Waals surface area contributed by atoms with Gasteiger partial charge in [0.2, 0.25) is 17.7 Å². The van der Waals surface area contributed by atoms with Gasteiger partial charge in [-0.25, -0.2) is 0 Å². The Labute approximate surface area is 191 Å². The zero-order valence-electron chi connectivity index (χ0n) is 17.5. The second-order valence-corrected chi connectivity index (χ2v) is 9.55. The van der Waals surface area contributed by atoms with Crippen molar-refractivity contribution in [2.75, 3.05) is 18.0 Å². The number of halogens is 1. The van der Waals surface area contributed by atoms with Crippen LogP contribution in [0.3, 0.4) is 0 Å². The van der Waals surface area contributed by atoms with E-state index in [1.165, 1.54) is 10.4 Å². The molecule has 2 aromatic rings. The van der Waals surface area contributed by atoms with Gasteiger partial charge in [-0.15, -0.1) is 11.3 Å². The number of hydrogen-bond donors (Lipinski definition) is 1. The number of benzene rings is 1. The van der Waals surface area contributed by atoms with Crippen molar-refractivity contribution in [2.24, 2.45) is 5.92 Å². The first kappa shape index (κ1) is 21.8. The maximum atomic E-state index is 13.2. The number of nitrogens with one attached hydrogen (secondary N) is 1. The summed E-state index contributed by atoms with van der Waals surface area (Å²) < 4.78 is 0. The van der Waals surface area contributed by atoms with Crippen LogP contribution >= 0.6 is 22.9 Å². The Bertz CT molecular complexity index is 975. The van der Waals surface area contributed by atoms with Crippen LogP contribution in [0.25, 0.3) is 0 Å². The van der Waals surface area contributed by atoms with Crippen molar-refractivity contribution < 1.29 is 14.4 Å². The minimum atomic E-state index is -0.558. The Morgan fingerprint density at radius 3 is 2.77 bits per heavy atom. The summed E-state index contributed by atoms with van der Waals surface area (Å²) in [6.07, 6.45) is 2.37. The lowest BCUT2D eigenvalue weighted by Gasteiger charge is -2.31. The highest BCUT2D eigenvalue weighted by molar-refractivity contribution is 7.10. The van der Waals surface area contributed by atoms with E-state index in [4.69, 9.17) is 11.6 Å². The van der Waals surface area contributed by atoms with Crippen molar-refractivity contribution in [3.63, 3.8) is 0 Å². The Balaban J connectivity index is 1.40. The van der Waals surface area contributed by atoms with E-state index >= 15 is 0 Å². The summed E-state index contributed by atoms with van der Waals surface area (Å²) in [7, 11) is 0. The topological polar surface area (TPSA) is 69.7 Å². The maximum absolute atomic E-state index is 13.2. The highest BCUT2D eigenvalue weighted by atomic mass is 35.5. The number of fused-ring (bicyclic) bond motifs is 1. The van der Waals surface area contributed by atoms with Crippen LogP contribution in [-0.2, 0) is 27.3 Å². The summed E-state index contributed by atoms with van der Waals surface area (Å²) in [5.74, 6) is -0.835. The largest absolute Gasteiger partial charge is 0.344 e. The Kier molecular flexibility index (Phi) is 6.62. The molecule has 2 unspecified atom stereocenters. The van der Waals surface area contributed by atoms with Gasteiger partial charge in [-0.3, -0.25) is 14.4 Å². The molecule has 1 aromatic heterocycles. The molecule has 3 heterocycles. The fraction of sp³-hybridized carbons (Fsp3) is 0.435. The number of amides is 3. The van der Waals surface area contributed by atoms with E-state index in [-0.39, 0.29) is 24.1 Å². The third-order valence-corrected chi connectivity index (χ3v) is 7.22. The van der Waals surface area contributed by atoms with E-state index in [9.17, 15) is 14.4 Å². The predicted molar refractivity (Wildman–Crippen MR) is 122 cm³/mol. The predicted octanol–water partition coefficient (Wildman–Crippen LogP) is 3.62. The molecule has 164 valence electrons. The van der Waals surface area contributed by atoms with Gasteiger partial charge in [0.25, 0.3) is 0 Å². The maximum Gasteiger partial charge on any atom is 0.245 e. The average molecular weight is 460 g/mol. The van der Waals surface area contributed by atoms with E-state index in [0.717, 1.165) is 18.5 Å². The quantitative estimate of drug-likeness (QED) is 0.717. The van der Waals surface area contributed by atoms with Gasteiger partial charge >= 0.3 is 0 Å². The molecule has 2 aliphatic heterocycles. The molecule has 8 heteroatoms. The molecule has 0 spiro atoms. The van der Waals surface area contributed by atoms with Crippen molar-refractivity contribution in [2.45, 2.75) is 45.2 Å². The molecule has 4 rings (SSSR count). The van der Waals surface area contributed by atoms with Crippen molar-refractivity contribution in [1.29, 1.82) is 0 Å². The molecule has 1 saturated heterocycles. The number of nitrogens with zero attached hydrogens (tertiary/aromatic N) is 2. The van der Waals surface area contributed by atoms with Crippen LogP contribution in [0.5, 0.6) is 0 Å². The molecule has 2 aliphatic rings. The van der Waals surface area contributed by atoms with Gasteiger partial charge in [-0.1, -0.05) is 24.9 Å². The summed E-state index contributed by atoms with van der Waals surface area (Å²) in [6, 6.07) is 8.52. The lowest BCUT2D eigenvalue weighted by molar-refractivity contribution is -0.138. The van der Waals surface area contributed by atoms with Crippen molar-refractivity contribution in [3.8, 4) is 0 Å². The molecule has 6 nitrogen and oxygen atoms in total. The number of hydrogen-bond acceptors (Lipinski definition) is 4. The van der Waals surface area contributed by atoms with Crippen molar-refractivity contribution >= 4 is 46.3 Å². The average Bonchev–Trinajstić information content (AvgIpc) is 3.39. The van der Waals surface area contributed by atoms with Crippen LogP contribution < -0.4 is 10.2 Å². The van der Waals surface area contributed by atoms with Crippen molar-refractivity contribution in [1.82, 2.24) is 10.2 Å². The van der Waals surface area contributed by atoms with Gasteiger partial charge in [0.1, 0.15) is 6.04 Å². The van der Waals surface area contributed by atoms with Gasteiger partial charge in [0.05, 0.1) is 5.92 Å². The summed E-state index contributed by atoms with van der Waals surface area (Å²) in [5, 5.41) is 5.61. The van der Waals surface area contributed by atoms with Gasteiger partial charge < -0.3 is 15.1 Å². The smallest absolute Gasteiger partial charge is 0.245 e. The van der Waals surface area contributed by atoms with E-state index in [0.29, 0.717) is 31.1 Å². The van der Waals surface area contributed by atoms with Gasteiger partial charge in [0.15, 0.2) is 0 Å². The first-order valence-electron chi connectivity index (χ1n) is 10.7. The lowest BCUT2D eigenvalue weighted by Crippen LogP contribution is -2.51. The third kappa shape index (κ3) is 4.77. The van der Waals surface area contributed by atoms with Crippen LogP contribution in [0.15, 0.2) is 35.7 Å². The van der Waals surface area contributed by atoms with Gasteiger partial charge in [-0.05, 0) is 54.1 Å². The molecule has 1 fully saturated rings. The molecule has 2 atom stereocenters. The van der Waals surface area contributed by atoms with Crippen LogP contribution in [-0.4, -0.2) is 41.8 Å². The third-order valence-electron chi connectivity index (χ3n) is 5.95. The first-order chi connectivity index (χ1) is 15.0. The lowest BCUT2D eigenvalue weighted by atomic mass is 10.0. The second kappa shape index (κ2) is 9.40. The Morgan fingerprint density at radius 2 is 2.03 bits per heavy atom. The number of carbonyl (C=O) groups is 3. The molecular weight excluding hydrogens is 434 g/mol. The minimum absolute atomic E-state index is 0.0362. The second-order valence-electron chi connectivity index (χ2n) is 8.11. The van der Waals surface area contributed by atoms with E-state index in [1.54, 1.807) is 40.5 Å². The van der Waals surface area contributed by atoms with E-state index < -0.39 is 12.0 Å². The standard InChI is InChI=1S/C23H26ClN3O3S/c1-2-3-19(23(30)26-10-8-20-15(13-26)9-11-31-20)25-22(29)16-12-21(28)27(14-16)18-6-4-17(24)5-7-18/h4-7,9,11,16,19H,2-3,8,10,12-14H2,1H3,(H,25,29). The van der Waals surface area contributed by atoms with Crippen molar-refractivity contribution in [3.05, 3.63) is 51.2 Å². The van der Waals surface area contributed by atoms with Crippen LogP contribution in [0.2, 0.25) is 5.02 Å². The van der Waals surface area contributed by atoms with E-state index in [1.807, 2.05) is 11.8 Å². The zero-order valence-corrected chi connectivity index (χ0v) is 19.0. The molecule has 31 heavy (non-hydrogen) atoms. The summed E-state index contributed by atoms with van der Waals surface area (Å²) in [5.41, 5.74) is 1.93. The molecule has 1 aromatic carbocycles. The molecule has 0 saturated carbocycles. The summed E-state index contributed by atoms with van der Waals surface area (Å²) >= 11 is 7.67. The van der Waals surface area contributed by atoms with Crippen LogP contribution in [0.1, 0.15) is 36.6 Å². The summed E-state index contributed by atoms with van der Waals surface area (Å²) in [6.45, 7) is 3.58. The number of thiophene rings is 1. The fourth-order valence-corrected chi connectivity index (χ4v) is 5.26. The summed E-state index contributed by atoms with van der Waals surface area (Å²) in [4.78, 5) is 43.4. The SMILES string of the molecule is CCCC(NC(=O)C1CC(=O)N(c2ccc(Cl)cc2)C1)C(=O)N1CCc2sccc2C1. The van der Waals surface area contributed by atoms with E-state index in [2.05, 4.69) is 16.8 Å². The highest BCUT2D eigenvalue weighted by Crippen LogP contribution is 2.27. The minimum Gasteiger partial charge on any atom is -0.344 e. The Hall–Kier alpha value is -2.38. The normalized spacial score (nSPS) is 19.3. The molecular formula is C23H26ClN3O3S. The van der Waals surface area contributed by atoms with Gasteiger partial charge in [-0.2, -0.15) is 0 Å². The molecule has 0 aliphatic carbocycles. The molecule has 3 amide bonds. The number of carbonyl (C=O) groups excluding carboxylic acids is 3. The molecule has 0 bridgehead atoms. The van der Waals surface area contributed by atoms with Crippen LogP contribution in [0, 0.1) is 5.92 Å². The Morgan fingerprint density at radius 1 is 1.26 bits per heavy atom. The van der Waals surface area contributed by atoms with Crippen LogP contribution in [0.4, 0.5) is 5.69 Å². The number of anilines is 1. The molecule has 1 N–H and O–H groups in total. The zero-order chi connectivity index (χ0) is 22.0. The monoisotopic (exact) mass is 459 g/mol. The fourth-order valence-electron chi connectivity index (χ4n) is 4.25. The number of rotatable bonds is 6. The highest BCUT2D eigenvalue weighted by Gasteiger charge is 2.37. The molecule has 0 radical (unpaired) electrons. The van der Waals surface area contributed by atoms with Gasteiger partial charge in [0, 0.05) is 41.6 Å². The first-order valence-corrected chi connectivity index (χ1v) is 11.9.